The molecule has 0 saturated carbocycles. The maximum absolute atomic E-state index is 11.5. The van der Waals surface area contributed by atoms with Crippen molar-refractivity contribution in [3.8, 4) is 0 Å². The predicted molar refractivity (Wildman–Crippen MR) is 69.6 cm³/mol. The van der Waals surface area contributed by atoms with Crippen LogP contribution in [0.5, 0.6) is 0 Å². The maximum atomic E-state index is 11.5. The minimum Gasteiger partial charge on any atom is -0.313 e. The number of nitrogens with zero attached hydrogens (tertiary/aromatic N) is 1. The molecule has 0 aromatic carbocycles. The Morgan fingerprint density at radius 3 is 1.81 bits per heavy atom. The molecule has 0 amide bonds. The summed E-state index contributed by atoms with van der Waals surface area (Å²) in [6.07, 6.45) is 1.28. The van der Waals surface area contributed by atoms with Crippen LogP contribution in [-0.2, 0) is 9.84 Å². The molecule has 0 aromatic rings. The van der Waals surface area contributed by atoms with Crippen molar-refractivity contribution in [2.24, 2.45) is 0 Å². The summed E-state index contributed by atoms with van der Waals surface area (Å²) in [4.78, 5) is 2.12. The first-order chi connectivity index (χ1) is 6.90. The van der Waals surface area contributed by atoms with Gasteiger partial charge in [0.1, 0.15) is 0 Å². The second-order valence-electron chi connectivity index (χ2n) is 5.84. The number of rotatable bonds is 6. The van der Waals surface area contributed by atoms with Gasteiger partial charge in [0.25, 0.3) is 0 Å². The van der Waals surface area contributed by atoms with E-state index in [0.717, 1.165) is 6.54 Å². The lowest BCUT2D eigenvalue weighted by Crippen LogP contribution is -2.50. The normalized spacial score (nSPS) is 14.5. The molecule has 98 valence electrons. The molecule has 0 atom stereocenters. The van der Waals surface area contributed by atoms with Crippen molar-refractivity contribution in [3.63, 3.8) is 0 Å². The third-order valence-electron chi connectivity index (χ3n) is 3.32. The third kappa shape index (κ3) is 4.39. The van der Waals surface area contributed by atoms with Crippen molar-refractivity contribution in [1.29, 1.82) is 0 Å². The Bertz CT molecular complexity index is 319. The fourth-order valence-corrected chi connectivity index (χ4v) is 1.32. The zero-order valence-electron chi connectivity index (χ0n) is 11.6. The summed E-state index contributed by atoms with van der Waals surface area (Å²) < 4.78 is 22.3. The van der Waals surface area contributed by atoms with E-state index in [9.17, 15) is 8.42 Å². The summed E-state index contributed by atoms with van der Waals surface area (Å²) in [5, 5.41) is 3.23. The van der Waals surface area contributed by atoms with Crippen LogP contribution in [0.2, 0.25) is 0 Å². The van der Waals surface area contributed by atoms with Crippen LogP contribution in [-0.4, -0.2) is 57.0 Å². The van der Waals surface area contributed by atoms with Gasteiger partial charge in [-0.05, 0) is 41.8 Å². The van der Waals surface area contributed by atoms with Crippen LogP contribution in [0.25, 0.3) is 0 Å². The first-order valence-corrected chi connectivity index (χ1v) is 7.37. The molecular weight excluding hydrogens is 224 g/mol. The Kier molecular flexibility index (Phi) is 4.98. The van der Waals surface area contributed by atoms with E-state index in [4.69, 9.17) is 0 Å². The second-order valence-corrected chi connectivity index (χ2v) is 8.49. The highest BCUT2D eigenvalue weighted by molar-refractivity contribution is 7.92. The molecule has 0 aliphatic heterocycles. The summed E-state index contributed by atoms with van der Waals surface area (Å²) in [5.41, 5.74) is 0.0214. The van der Waals surface area contributed by atoms with Gasteiger partial charge in [0, 0.05) is 24.9 Å². The molecule has 0 aromatic heterocycles. The molecule has 0 aliphatic carbocycles. The van der Waals surface area contributed by atoms with Gasteiger partial charge in [0.15, 0.2) is 9.84 Å². The van der Waals surface area contributed by atoms with Gasteiger partial charge in [-0.2, -0.15) is 0 Å². The van der Waals surface area contributed by atoms with E-state index in [0.29, 0.717) is 6.54 Å². The van der Waals surface area contributed by atoms with Gasteiger partial charge in [0.05, 0.1) is 4.75 Å². The molecule has 0 spiro atoms. The van der Waals surface area contributed by atoms with E-state index in [-0.39, 0.29) is 5.54 Å². The van der Waals surface area contributed by atoms with Gasteiger partial charge in [0.2, 0.25) is 0 Å². The lowest BCUT2D eigenvalue weighted by molar-refractivity contribution is 0.189. The lowest BCUT2D eigenvalue weighted by Gasteiger charge is -2.34. The van der Waals surface area contributed by atoms with Gasteiger partial charge in [-0.25, -0.2) is 8.42 Å². The Hall–Kier alpha value is -0.130. The zero-order chi connectivity index (χ0) is 13.2. The van der Waals surface area contributed by atoms with Crippen molar-refractivity contribution >= 4 is 9.84 Å². The van der Waals surface area contributed by atoms with E-state index in [1.807, 2.05) is 14.1 Å². The van der Waals surface area contributed by atoms with Crippen molar-refractivity contribution in [2.75, 3.05) is 33.4 Å². The molecule has 0 rings (SSSR count). The Labute approximate surface area is 100 Å². The maximum Gasteiger partial charge on any atom is 0.153 e. The molecule has 0 unspecified atom stereocenters. The molecule has 0 radical (unpaired) electrons. The van der Waals surface area contributed by atoms with Crippen molar-refractivity contribution in [2.45, 2.75) is 38.0 Å². The summed E-state index contributed by atoms with van der Waals surface area (Å²) in [6, 6.07) is 0. The van der Waals surface area contributed by atoms with Crippen LogP contribution in [0.4, 0.5) is 0 Å². The number of nitrogens with one attached hydrogen (secondary N) is 1. The summed E-state index contributed by atoms with van der Waals surface area (Å²) >= 11 is 0. The lowest BCUT2D eigenvalue weighted by atomic mass is 10.0. The smallest absolute Gasteiger partial charge is 0.153 e. The molecule has 4 nitrogen and oxygen atoms in total. The summed E-state index contributed by atoms with van der Waals surface area (Å²) in [7, 11) is 1.02. The fraction of sp³-hybridized carbons (Fsp3) is 1.00. The van der Waals surface area contributed by atoms with Crippen molar-refractivity contribution in [1.82, 2.24) is 10.2 Å². The predicted octanol–water partition coefficient (Wildman–Crippen LogP) is 0.739. The monoisotopic (exact) mass is 250 g/mol. The van der Waals surface area contributed by atoms with Gasteiger partial charge in [-0.3, -0.25) is 0 Å². The number of likely N-dealkylation sites (N-methyl/N-ethyl adjacent to an activating group) is 1. The quantitative estimate of drug-likeness (QED) is 0.755. The first-order valence-electron chi connectivity index (χ1n) is 5.48. The van der Waals surface area contributed by atoms with Crippen LogP contribution in [0, 0.1) is 0 Å². The molecule has 0 heterocycles. The first kappa shape index (κ1) is 15.9. The molecule has 0 saturated heterocycles. The van der Waals surface area contributed by atoms with Crippen LogP contribution in [0.15, 0.2) is 0 Å². The number of sulfone groups is 1. The molecule has 16 heavy (non-hydrogen) atoms. The van der Waals surface area contributed by atoms with Crippen molar-refractivity contribution in [3.05, 3.63) is 0 Å². The minimum atomic E-state index is -3.02. The van der Waals surface area contributed by atoms with Crippen LogP contribution >= 0.6 is 0 Å². The highest BCUT2D eigenvalue weighted by Crippen LogP contribution is 2.14. The fourth-order valence-electron chi connectivity index (χ4n) is 0.959. The topological polar surface area (TPSA) is 49.4 Å². The third-order valence-corrected chi connectivity index (χ3v) is 5.47. The van der Waals surface area contributed by atoms with Gasteiger partial charge in [-0.1, -0.05) is 0 Å². The largest absolute Gasteiger partial charge is 0.313 e. The number of hydrogen-bond donors (Lipinski definition) is 1. The Balaban J connectivity index is 4.30. The molecule has 5 heteroatoms. The average molecular weight is 250 g/mol. The van der Waals surface area contributed by atoms with Gasteiger partial charge in [-0.15, -0.1) is 0 Å². The SMILES string of the molecule is CN(C)C(C)(C)CNCC(C)(C)S(C)(=O)=O. The molecular formula is C11H26N2O2S. The van der Waals surface area contributed by atoms with Crippen molar-refractivity contribution < 1.29 is 8.42 Å². The molecule has 0 bridgehead atoms. The minimum absolute atomic E-state index is 0.0214. The number of hydrogen-bond acceptors (Lipinski definition) is 4. The van der Waals surface area contributed by atoms with E-state index in [1.165, 1.54) is 6.26 Å². The summed E-state index contributed by atoms with van der Waals surface area (Å²) in [5.74, 6) is 0. The van der Waals surface area contributed by atoms with Crippen LogP contribution in [0.1, 0.15) is 27.7 Å². The average Bonchev–Trinajstić information content (AvgIpc) is 2.00. The van der Waals surface area contributed by atoms with E-state index >= 15 is 0 Å². The Morgan fingerprint density at radius 2 is 1.50 bits per heavy atom. The molecule has 0 fully saturated rings. The van der Waals surface area contributed by atoms with Crippen LogP contribution < -0.4 is 5.32 Å². The summed E-state index contributed by atoms with van der Waals surface area (Å²) in [6.45, 7) is 8.97. The van der Waals surface area contributed by atoms with Gasteiger partial charge >= 0.3 is 0 Å². The molecule has 1 N–H and O–H groups in total. The van der Waals surface area contributed by atoms with Crippen LogP contribution in [0.3, 0.4) is 0 Å². The highest BCUT2D eigenvalue weighted by atomic mass is 32.2. The zero-order valence-corrected chi connectivity index (χ0v) is 12.4. The highest BCUT2D eigenvalue weighted by Gasteiger charge is 2.30. The van der Waals surface area contributed by atoms with E-state index in [2.05, 4.69) is 24.1 Å². The standard InChI is InChI=1S/C11H26N2O2S/c1-10(2,13(5)6)8-12-9-11(3,4)16(7,14)15/h12H,8-9H2,1-7H3. The van der Waals surface area contributed by atoms with E-state index < -0.39 is 14.6 Å². The second kappa shape index (κ2) is 5.02. The molecule has 0 aliphatic rings. The van der Waals surface area contributed by atoms with Gasteiger partial charge < -0.3 is 10.2 Å². The Morgan fingerprint density at radius 1 is 1.06 bits per heavy atom. The van der Waals surface area contributed by atoms with E-state index in [1.54, 1.807) is 13.8 Å².